The molecule has 1 saturated carbocycles. The first kappa shape index (κ1) is 25.8. The van der Waals surface area contributed by atoms with Crippen molar-refractivity contribution >= 4 is 27.0 Å². The molecular formula is C25H25F3N2O5S2. The van der Waals surface area contributed by atoms with Crippen molar-refractivity contribution in [2.75, 3.05) is 11.3 Å². The van der Waals surface area contributed by atoms with Crippen molar-refractivity contribution in [3.05, 3.63) is 69.7 Å². The average Bonchev–Trinajstić information content (AvgIpc) is 3.26. The number of rotatable bonds is 8. The Labute approximate surface area is 216 Å². The molecule has 1 aliphatic heterocycles. The predicted molar refractivity (Wildman–Crippen MR) is 132 cm³/mol. The number of ether oxygens (including phenoxy) is 2. The monoisotopic (exact) mass is 554 g/mol. The minimum absolute atomic E-state index is 0.190. The van der Waals surface area contributed by atoms with Crippen molar-refractivity contribution in [3.63, 3.8) is 0 Å². The van der Waals surface area contributed by atoms with Gasteiger partial charge in [-0.15, -0.1) is 11.3 Å². The van der Waals surface area contributed by atoms with Gasteiger partial charge >= 0.3 is 15.5 Å². The van der Waals surface area contributed by atoms with E-state index in [4.69, 9.17) is 9.47 Å². The number of nitrogens with one attached hydrogen (secondary N) is 1. The van der Waals surface area contributed by atoms with E-state index in [0.29, 0.717) is 35.2 Å². The third-order valence-corrected chi connectivity index (χ3v) is 8.59. The molecule has 1 fully saturated rings. The number of sulfonamides is 1. The summed E-state index contributed by atoms with van der Waals surface area (Å²) in [5.74, 6) is 1.25. The number of aromatic nitrogens is 1. The number of halogens is 3. The fraction of sp³-hybridized carbons (Fsp3) is 0.400. The number of aliphatic hydroxyl groups is 1. The molecule has 0 spiro atoms. The molecule has 0 bridgehead atoms. The summed E-state index contributed by atoms with van der Waals surface area (Å²) in [6.45, 7) is 0.507. The van der Waals surface area contributed by atoms with Gasteiger partial charge in [-0.25, -0.2) is 4.98 Å². The summed E-state index contributed by atoms with van der Waals surface area (Å²) in [6, 6.07) is 10.9. The number of thiazole rings is 1. The molecule has 0 amide bonds. The number of anilines is 1. The van der Waals surface area contributed by atoms with Crippen LogP contribution in [-0.2, 0) is 23.1 Å². The van der Waals surface area contributed by atoms with Crippen LogP contribution in [0.2, 0.25) is 0 Å². The van der Waals surface area contributed by atoms with Gasteiger partial charge in [-0.1, -0.05) is 18.6 Å². The van der Waals surface area contributed by atoms with E-state index in [1.165, 1.54) is 37.5 Å². The van der Waals surface area contributed by atoms with E-state index in [-0.39, 0.29) is 18.7 Å². The van der Waals surface area contributed by atoms with Gasteiger partial charge in [0.2, 0.25) is 0 Å². The van der Waals surface area contributed by atoms with Gasteiger partial charge in [-0.3, -0.25) is 4.72 Å². The van der Waals surface area contributed by atoms with E-state index < -0.39 is 27.6 Å². The molecule has 2 aliphatic rings. The highest BCUT2D eigenvalue weighted by atomic mass is 32.2. The zero-order valence-electron chi connectivity index (χ0n) is 19.6. The van der Waals surface area contributed by atoms with Crippen LogP contribution in [0.3, 0.4) is 0 Å². The zero-order valence-corrected chi connectivity index (χ0v) is 21.2. The second kappa shape index (κ2) is 10.1. The molecule has 7 nitrogen and oxygen atoms in total. The summed E-state index contributed by atoms with van der Waals surface area (Å²) in [4.78, 5) is 4.67. The molecule has 0 unspecified atom stereocenters. The first-order valence-corrected chi connectivity index (χ1v) is 14.2. The van der Waals surface area contributed by atoms with Crippen molar-refractivity contribution in [1.29, 1.82) is 0 Å². The van der Waals surface area contributed by atoms with Crippen molar-refractivity contribution in [3.8, 4) is 11.5 Å². The van der Waals surface area contributed by atoms with Crippen LogP contribution in [-0.4, -0.2) is 30.6 Å². The van der Waals surface area contributed by atoms with Gasteiger partial charge in [0.05, 0.1) is 18.4 Å². The number of nitrogens with zero attached hydrogens (tertiary/aromatic N) is 1. The maximum absolute atomic E-state index is 12.7. The van der Waals surface area contributed by atoms with Gasteiger partial charge in [-0.2, -0.15) is 21.6 Å². The number of hydrogen-bond acceptors (Lipinski definition) is 7. The lowest BCUT2D eigenvalue weighted by molar-refractivity contribution is -0.0429. The quantitative estimate of drug-likeness (QED) is 0.380. The SMILES string of the molecule is O=S(=O)(Nc1cccc(C[C@H]2COc3ccc(OCc4nc(C5CCC5)cs4)cc3[C@H]2O)c1)C(F)(F)F. The summed E-state index contributed by atoms with van der Waals surface area (Å²) in [6.07, 6.45) is 2.96. The highest BCUT2D eigenvalue weighted by molar-refractivity contribution is 7.93. The number of hydrogen-bond donors (Lipinski definition) is 2. The minimum Gasteiger partial charge on any atom is -0.493 e. The van der Waals surface area contributed by atoms with Crippen LogP contribution in [0.15, 0.2) is 47.8 Å². The van der Waals surface area contributed by atoms with E-state index >= 15 is 0 Å². The van der Waals surface area contributed by atoms with E-state index in [0.717, 1.165) is 10.7 Å². The molecule has 2 heterocycles. The van der Waals surface area contributed by atoms with E-state index in [1.54, 1.807) is 40.3 Å². The zero-order chi connectivity index (χ0) is 26.2. The molecule has 12 heteroatoms. The first-order valence-electron chi connectivity index (χ1n) is 11.8. The van der Waals surface area contributed by atoms with Gasteiger partial charge in [0.1, 0.15) is 23.1 Å². The molecular weight excluding hydrogens is 529 g/mol. The van der Waals surface area contributed by atoms with Crippen LogP contribution in [0.4, 0.5) is 18.9 Å². The van der Waals surface area contributed by atoms with Crippen molar-refractivity contribution < 1.29 is 36.2 Å². The van der Waals surface area contributed by atoms with Crippen LogP contribution in [0, 0.1) is 5.92 Å². The molecule has 198 valence electrons. The summed E-state index contributed by atoms with van der Waals surface area (Å²) in [5.41, 5.74) is -3.39. The maximum Gasteiger partial charge on any atom is 0.516 e. The lowest BCUT2D eigenvalue weighted by atomic mass is 9.83. The topological polar surface area (TPSA) is 97.8 Å². The second-order valence-corrected chi connectivity index (χ2v) is 11.9. The average molecular weight is 555 g/mol. The van der Waals surface area contributed by atoms with Crippen molar-refractivity contribution in [1.82, 2.24) is 4.98 Å². The Morgan fingerprint density at radius 3 is 2.73 bits per heavy atom. The number of benzene rings is 2. The molecule has 37 heavy (non-hydrogen) atoms. The van der Waals surface area contributed by atoms with Crippen LogP contribution >= 0.6 is 11.3 Å². The Morgan fingerprint density at radius 2 is 2.00 bits per heavy atom. The second-order valence-electron chi connectivity index (χ2n) is 9.25. The molecule has 1 aliphatic carbocycles. The van der Waals surface area contributed by atoms with Gasteiger partial charge in [0, 0.05) is 28.5 Å². The third-order valence-electron chi connectivity index (χ3n) is 6.64. The Balaban J connectivity index is 1.24. The molecule has 3 aromatic rings. The van der Waals surface area contributed by atoms with E-state index in [1.807, 2.05) is 0 Å². The molecule has 2 atom stereocenters. The lowest BCUT2D eigenvalue weighted by Crippen LogP contribution is -2.30. The molecule has 2 N–H and O–H groups in total. The molecule has 0 saturated heterocycles. The van der Waals surface area contributed by atoms with Gasteiger partial charge in [0.15, 0.2) is 0 Å². The lowest BCUT2D eigenvalue weighted by Gasteiger charge is -2.30. The highest BCUT2D eigenvalue weighted by Gasteiger charge is 2.46. The van der Waals surface area contributed by atoms with Crippen LogP contribution in [0.1, 0.15) is 53.1 Å². The molecule has 0 radical (unpaired) electrons. The Kier molecular flexibility index (Phi) is 7.08. The third kappa shape index (κ3) is 5.70. The normalized spacial score (nSPS) is 20.0. The van der Waals surface area contributed by atoms with Gasteiger partial charge < -0.3 is 14.6 Å². The van der Waals surface area contributed by atoms with Gasteiger partial charge in [-0.05, 0) is 55.2 Å². The van der Waals surface area contributed by atoms with Gasteiger partial charge in [0.25, 0.3) is 0 Å². The highest BCUT2D eigenvalue weighted by Crippen LogP contribution is 2.40. The number of fused-ring (bicyclic) bond motifs is 1. The Bertz CT molecular complexity index is 1370. The van der Waals surface area contributed by atoms with Crippen LogP contribution < -0.4 is 14.2 Å². The van der Waals surface area contributed by atoms with E-state index in [9.17, 15) is 26.7 Å². The Hall–Kier alpha value is -2.83. The smallest absolute Gasteiger partial charge is 0.493 e. The fourth-order valence-electron chi connectivity index (χ4n) is 4.40. The largest absolute Gasteiger partial charge is 0.516 e. The molecule has 1 aromatic heterocycles. The minimum atomic E-state index is -5.53. The summed E-state index contributed by atoms with van der Waals surface area (Å²) in [7, 11) is -5.53. The van der Waals surface area contributed by atoms with Crippen LogP contribution in [0.25, 0.3) is 0 Å². The van der Waals surface area contributed by atoms with Crippen molar-refractivity contribution in [2.24, 2.45) is 5.92 Å². The molecule has 5 rings (SSSR count). The van der Waals surface area contributed by atoms with E-state index in [2.05, 4.69) is 10.4 Å². The number of alkyl halides is 3. The summed E-state index contributed by atoms with van der Waals surface area (Å²) >= 11 is 1.57. The fourth-order valence-corrected chi connectivity index (χ4v) is 5.74. The summed E-state index contributed by atoms with van der Waals surface area (Å²) < 4.78 is 74.2. The van der Waals surface area contributed by atoms with Crippen LogP contribution in [0.5, 0.6) is 11.5 Å². The molecule has 2 aromatic carbocycles. The van der Waals surface area contributed by atoms with Crippen molar-refractivity contribution in [2.45, 2.75) is 49.8 Å². The predicted octanol–water partition coefficient (Wildman–Crippen LogP) is 5.54. The maximum atomic E-state index is 12.7. The summed E-state index contributed by atoms with van der Waals surface area (Å²) in [5, 5.41) is 14.0. The first-order chi connectivity index (χ1) is 17.6. The Morgan fingerprint density at radius 1 is 1.19 bits per heavy atom. The standard InChI is InChI=1S/C25H25F3N2O5S2/c26-25(27,28)37(32,33)30-18-6-1-3-15(10-18)9-17-12-35-22-8-7-19(11-20(22)24(17)31)34-13-23-29-21(14-36-23)16-4-2-5-16/h1,3,6-8,10-11,14,16-17,24,30-31H,2,4-5,9,12-13H2/t17-,24-/m0/s1. The number of aliphatic hydroxyl groups excluding tert-OH is 1.